The predicted molar refractivity (Wildman–Crippen MR) is 54.6 cm³/mol. The van der Waals surface area contributed by atoms with Crippen molar-refractivity contribution in [3.8, 4) is 0 Å². The third-order valence-corrected chi connectivity index (χ3v) is 2.11. The highest BCUT2D eigenvalue weighted by Gasteiger charge is 2.26. The molecule has 0 unspecified atom stereocenters. The Morgan fingerprint density at radius 2 is 1.00 bits per heavy atom. The first-order valence-corrected chi connectivity index (χ1v) is 4.07. The average Bonchev–Trinajstić information content (AvgIpc) is 2.30. The standard InChI is InChI=1S/C10F7.Mg.H2O.2H/c11-3-1-2-4(7(14)6(3)13)8(15)10(17)9(16)5(2)12;;;;/h;;1H2;;. The van der Waals surface area contributed by atoms with E-state index in [1.807, 2.05) is 0 Å². The number of halogens is 7. The van der Waals surface area contributed by atoms with Crippen LogP contribution in [0, 0.1) is 46.8 Å². The van der Waals surface area contributed by atoms with Gasteiger partial charge in [0, 0.05) is 11.5 Å². The van der Waals surface area contributed by atoms with Crippen molar-refractivity contribution in [2.45, 2.75) is 0 Å². The molecule has 1 radical (unpaired) electrons. The van der Waals surface area contributed by atoms with Crippen molar-refractivity contribution in [2.24, 2.45) is 0 Å². The van der Waals surface area contributed by atoms with E-state index in [1.165, 1.54) is 6.07 Å². The highest BCUT2D eigenvalue weighted by molar-refractivity contribution is 5.84. The van der Waals surface area contributed by atoms with Gasteiger partial charge in [0.2, 0.25) is 0 Å². The lowest BCUT2D eigenvalue weighted by Gasteiger charge is -2.06. The highest BCUT2D eigenvalue weighted by atomic mass is 24.3. The Bertz CT molecular complexity index is 636. The van der Waals surface area contributed by atoms with Crippen LogP contribution in [0.5, 0.6) is 0 Å². The molecule has 0 saturated carbocycles. The van der Waals surface area contributed by atoms with Gasteiger partial charge in [-0.15, -0.1) is 0 Å². The van der Waals surface area contributed by atoms with Gasteiger partial charge in [0.25, 0.3) is 0 Å². The Hall–Kier alpha value is -1.06. The first-order chi connectivity index (χ1) is 7.86. The molecule has 0 heterocycles. The largest absolute Gasteiger partial charge is 0.412 e. The van der Waals surface area contributed by atoms with E-state index < -0.39 is 51.5 Å². The summed E-state index contributed by atoms with van der Waals surface area (Å²) in [5, 5.41) is -2.86. The summed E-state index contributed by atoms with van der Waals surface area (Å²) in [4.78, 5) is 0. The van der Waals surface area contributed by atoms with Crippen molar-refractivity contribution in [3.63, 3.8) is 0 Å². The summed E-state index contributed by atoms with van der Waals surface area (Å²) < 4.78 is 90.1. The van der Waals surface area contributed by atoms with Gasteiger partial charge in [0.15, 0.2) is 40.7 Å². The molecule has 2 rings (SSSR count). The van der Waals surface area contributed by atoms with Crippen LogP contribution in [0.1, 0.15) is 0 Å². The molecule has 0 amide bonds. The van der Waals surface area contributed by atoms with Crippen LogP contribution in [0.3, 0.4) is 0 Å². The van der Waals surface area contributed by atoms with Gasteiger partial charge in [-0.2, -0.15) is 0 Å². The molecule has 9 heteroatoms. The minimum absolute atomic E-state index is 0. The van der Waals surface area contributed by atoms with Gasteiger partial charge < -0.3 is 5.48 Å². The van der Waals surface area contributed by atoms with Crippen LogP contribution < -0.4 is 0 Å². The average molecular weight is 297 g/mol. The number of hydrogen-bond acceptors (Lipinski definition) is 0. The van der Waals surface area contributed by atoms with Crippen LogP contribution in [0.4, 0.5) is 30.7 Å². The third-order valence-electron chi connectivity index (χ3n) is 2.11. The molecule has 0 aliphatic rings. The second-order valence-electron chi connectivity index (χ2n) is 3.07. The number of hydrogen-bond donors (Lipinski definition) is 0. The minimum Gasteiger partial charge on any atom is -0.412 e. The number of rotatable bonds is 0. The molecular formula is C10H4F7MgO. The van der Waals surface area contributed by atoms with E-state index in [2.05, 4.69) is 0 Å². The molecule has 0 spiro atoms. The van der Waals surface area contributed by atoms with Crippen molar-refractivity contribution in [1.82, 2.24) is 0 Å². The van der Waals surface area contributed by atoms with Gasteiger partial charge >= 0.3 is 23.1 Å². The molecule has 0 aromatic heterocycles. The molecule has 0 fully saturated rings. The zero-order valence-electron chi connectivity index (χ0n) is 8.15. The molecule has 2 aromatic rings. The Labute approximate surface area is 117 Å². The van der Waals surface area contributed by atoms with E-state index in [0.717, 1.165) is 0 Å². The monoisotopic (exact) mass is 297 g/mol. The second kappa shape index (κ2) is 5.93. The summed E-state index contributed by atoms with van der Waals surface area (Å²) in [5.41, 5.74) is 0. The summed E-state index contributed by atoms with van der Waals surface area (Å²) in [6.07, 6.45) is 0. The van der Waals surface area contributed by atoms with E-state index in [9.17, 15) is 30.7 Å². The molecule has 19 heavy (non-hydrogen) atoms. The smallest absolute Gasteiger partial charge is 0.316 e. The van der Waals surface area contributed by atoms with Crippen LogP contribution >= 0.6 is 0 Å². The molecule has 2 aromatic carbocycles. The fraction of sp³-hybridized carbons (Fsp3) is 0. The Morgan fingerprint density at radius 1 is 0.579 bits per heavy atom. The van der Waals surface area contributed by atoms with Crippen molar-refractivity contribution in [3.05, 3.63) is 46.8 Å². The van der Waals surface area contributed by atoms with E-state index in [1.54, 1.807) is 0 Å². The van der Waals surface area contributed by atoms with Gasteiger partial charge in [0.1, 0.15) is 0 Å². The zero-order chi connectivity index (χ0) is 12.9. The van der Waals surface area contributed by atoms with Gasteiger partial charge in [0.05, 0.1) is 5.39 Å². The topological polar surface area (TPSA) is 31.5 Å². The van der Waals surface area contributed by atoms with E-state index >= 15 is 0 Å². The van der Waals surface area contributed by atoms with Crippen molar-refractivity contribution < 1.29 is 36.2 Å². The first kappa shape index (κ1) is 17.9. The highest BCUT2D eigenvalue weighted by Crippen LogP contribution is 2.30. The summed E-state index contributed by atoms with van der Waals surface area (Å²) in [6.45, 7) is 0. The van der Waals surface area contributed by atoms with Crippen molar-refractivity contribution in [1.29, 1.82) is 0 Å². The lowest BCUT2D eigenvalue weighted by Crippen LogP contribution is -2.03. The molecule has 0 aliphatic carbocycles. The maximum Gasteiger partial charge on any atom is 0.316 e. The SMILES string of the molecule is Fc1[c]c2c(F)c(F)c(F)c(F)c2c(F)c1F.O.[MgH2]. The van der Waals surface area contributed by atoms with E-state index in [4.69, 9.17) is 0 Å². The van der Waals surface area contributed by atoms with E-state index in [-0.39, 0.29) is 28.5 Å². The van der Waals surface area contributed by atoms with Crippen LogP contribution in [-0.2, 0) is 0 Å². The van der Waals surface area contributed by atoms with Crippen LogP contribution in [-0.4, -0.2) is 28.5 Å². The lowest BCUT2D eigenvalue weighted by molar-refractivity contribution is 0.410. The minimum atomic E-state index is -2.31. The summed E-state index contributed by atoms with van der Waals surface area (Å²) in [6, 6.07) is 1.27. The Balaban J connectivity index is 0.00000162. The summed E-state index contributed by atoms with van der Waals surface area (Å²) >= 11 is 0. The van der Waals surface area contributed by atoms with Crippen LogP contribution in [0.15, 0.2) is 0 Å². The normalized spacial score (nSPS) is 10.1. The van der Waals surface area contributed by atoms with Crippen LogP contribution in [0.2, 0.25) is 0 Å². The Kier molecular flexibility index (Phi) is 5.60. The molecule has 0 atom stereocenters. The molecule has 2 N–H and O–H groups in total. The van der Waals surface area contributed by atoms with Crippen molar-refractivity contribution >= 4 is 33.8 Å². The third kappa shape index (κ3) is 2.49. The summed E-state index contributed by atoms with van der Waals surface area (Å²) in [7, 11) is 0. The molecule has 0 saturated heterocycles. The molecular weight excluding hydrogens is 293 g/mol. The van der Waals surface area contributed by atoms with Crippen molar-refractivity contribution in [2.75, 3.05) is 0 Å². The Morgan fingerprint density at radius 3 is 1.53 bits per heavy atom. The number of fused-ring (bicyclic) bond motifs is 1. The maximum absolute atomic E-state index is 13.1. The molecule has 1 nitrogen and oxygen atoms in total. The van der Waals surface area contributed by atoms with Gasteiger partial charge in [-0.05, 0) is 0 Å². The number of benzene rings is 2. The predicted octanol–water partition coefficient (Wildman–Crippen LogP) is 1.87. The quantitative estimate of drug-likeness (QED) is 0.308. The van der Waals surface area contributed by atoms with Gasteiger partial charge in [-0.1, -0.05) is 0 Å². The second-order valence-corrected chi connectivity index (χ2v) is 3.07. The summed E-state index contributed by atoms with van der Waals surface area (Å²) in [5.74, 6) is -15.0. The first-order valence-electron chi connectivity index (χ1n) is 4.07. The van der Waals surface area contributed by atoms with Gasteiger partial charge in [-0.3, -0.25) is 0 Å². The fourth-order valence-electron chi connectivity index (χ4n) is 1.33. The molecule has 101 valence electrons. The van der Waals surface area contributed by atoms with E-state index in [0.29, 0.717) is 0 Å². The lowest BCUT2D eigenvalue weighted by atomic mass is 10.1. The molecule has 0 aliphatic heterocycles. The fourth-order valence-corrected chi connectivity index (χ4v) is 1.33. The zero-order valence-corrected chi connectivity index (χ0v) is 8.15. The van der Waals surface area contributed by atoms with Crippen LogP contribution in [0.25, 0.3) is 10.8 Å². The maximum atomic E-state index is 13.1. The van der Waals surface area contributed by atoms with Gasteiger partial charge in [-0.25, -0.2) is 30.7 Å². The molecule has 0 bridgehead atoms.